The van der Waals surface area contributed by atoms with Crippen molar-refractivity contribution in [1.29, 1.82) is 0 Å². The summed E-state index contributed by atoms with van der Waals surface area (Å²) < 4.78 is 5.39. The number of aryl methyl sites for hydroxylation is 1. The Hall–Kier alpha value is -1.80. The summed E-state index contributed by atoms with van der Waals surface area (Å²) in [6.45, 7) is 4.60. The van der Waals surface area contributed by atoms with Gasteiger partial charge in [0, 0.05) is 6.21 Å². The molecule has 0 aliphatic rings. The van der Waals surface area contributed by atoms with Crippen LogP contribution in [0.3, 0.4) is 0 Å². The molecular formula is C16H16ClNO. The molecule has 19 heavy (non-hydrogen) atoms. The van der Waals surface area contributed by atoms with E-state index in [-0.39, 0.29) is 0 Å². The highest BCUT2D eigenvalue weighted by Gasteiger charge is 2.00. The van der Waals surface area contributed by atoms with Gasteiger partial charge in [0.25, 0.3) is 0 Å². The molecule has 0 unspecified atom stereocenters. The van der Waals surface area contributed by atoms with Crippen LogP contribution in [0.4, 0.5) is 5.69 Å². The summed E-state index contributed by atoms with van der Waals surface area (Å²) in [5.74, 6) is 0.705. The Kier molecular flexibility index (Phi) is 4.58. The lowest BCUT2D eigenvalue weighted by molar-refractivity contribution is 0.340. The molecule has 0 aromatic heterocycles. The quantitative estimate of drug-likeness (QED) is 0.734. The third-order valence-electron chi connectivity index (χ3n) is 2.65. The van der Waals surface area contributed by atoms with Crippen molar-refractivity contribution in [3.8, 4) is 5.75 Å². The molecule has 3 heteroatoms. The van der Waals surface area contributed by atoms with E-state index >= 15 is 0 Å². The summed E-state index contributed by atoms with van der Waals surface area (Å²) in [5, 5.41) is 0.606. The Morgan fingerprint density at radius 3 is 2.53 bits per heavy atom. The average molecular weight is 274 g/mol. The maximum absolute atomic E-state index is 6.12. The first-order valence-electron chi connectivity index (χ1n) is 6.22. The zero-order chi connectivity index (χ0) is 13.7. The lowest BCUT2D eigenvalue weighted by Gasteiger charge is -2.05. The highest BCUT2D eigenvalue weighted by Crippen LogP contribution is 2.25. The van der Waals surface area contributed by atoms with Gasteiger partial charge in [-0.2, -0.15) is 0 Å². The van der Waals surface area contributed by atoms with E-state index in [4.69, 9.17) is 16.3 Å². The van der Waals surface area contributed by atoms with Gasteiger partial charge in [-0.3, -0.25) is 4.99 Å². The Balaban J connectivity index is 2.14. The van der Waals surface area contributed by atoms with Crippen molar-refractivity contribution in [2.75, 3.05) is 6.61 Å². The van der Waals surface area contributed by atoms with Gasteiger partial charge in [-0.1, -0.05) is 29.3 Å². The first kappa shape index (κ1) is 13.6. The van der Waals surface area contributed by atoms with Gasteiger partial charge in [0.2, 0.25) is 0 Å². The zero-order valence-electron chi connectivity index (χ0n) is 11.1. The van der Waals surface area contributed by atoms with Crippen molar-refractivity contribution in [2.24, 2.45) is 4.99 Å². The third-order valence-corrected chi connectivity index (χ3v) is 2.95. The summed E-state index contributed by atoms with van der Waals surface area (Å²) >= 11 is 6.12. The molecule has 2 aromatic carbocycles. The minimum atomic E-state index is 0.606. The minimum absolute atomic E-state index is 0.606. The molecule has 2 aromatic rings. The van der Waals surface area contributed by atoms with Gasteiger partial charge < -0.3 is 4.74 Å². The largest absolute Gasteiger partial charge is 0.492 e. The maximum atomic E-state index is 6.12. The molecule has 0 radical (unpaired) electrons. The lowest BCUT2D eigenvalue weighted by atomic mass is 10.2. The predicted octanol–water partition coefficient (Wildman–Crippen LogP) is 4.80. The first-order chi connectivity index (χ1) is 9.19. The monoisotopic (exact) mass is 273 g/mol. The second-order valence-corrected chi connectivity index (χ2v) is 4.62. The molecule has 0 spiro atoms. The van der Waals surface area contributed by atoms with E-state index in [1.165, 1.54) is 5.56 Å². The van der Waals surface area contributed by atoms with E-state index in [0.717, 1.165) is 11.3 Å². The second-order valence-electron chi connectivity index (χ2n) is 4.22. The van der Waals surface area contributed by atoms with E-state index in [1.807, 2.05) is 49.4 Å². The number of aliphatic imine (C=N–C) groups is 1. The highest BCUT2D eigenvalue weighted by molar-refractivity contribution is 6.32. The maximum Gasteiger partial charge on any atom is 0.137 e. The first-order valence-corrected chi connectivity index (χ1v) is 6.60. The van der Waals surface area contributed by atoms with Crippen LogP contribution in [0.5, 0.6) is 5.75 Å². The number of ether oxygens (including phenoxy) is 1. The fraction of sp³-hybridized carbons (Fsp3) is 0.188. The molecule has 0 atom stereocenters. The van der Waals surface area contributed by atoms with Crippen molar-refractivity contribution in [2.45, 2.75) is 13.8 Å². The minimum Gasteiger partial charge on any atom is -0.492 e. The smallest absolute Gasteiger partial charge is 0.137 e. The number of halogens is 1. The summed E-state index contributed by atoms with van der Waals surface area (Å²) in [4.78, 5) is 4.41. The Bertz CT molecular complexity index is 576. The third kappa shape index (κ3) is 3.83. The summed E-state index contributed by atoms with van der Waals surface area (Å²) in [5.41, 5.74) is 3.10. The average Bonchev–Trinajstić information content (AvgIpc) is 2.41. The molecule has 0 aliphatic heterocycles. The Morgan fingerprint density at radius 1 is 1.16 bits per heavy atom. The SMILES string of the molecule is CCOc1ccc(C=Nc2ccc(C)cc2)cc1Cl. The van der Waals surface area contributed by atoms with Crippen LogP contribution in [0.1, 0.15) is 18.1 Å². The molecule has 0 amide bonds. The van der Waals surface area contributed by atoms with Crippen LogP contribution < -0.4 is 4.74 Å². The molecule has 98 valence electrons. The lowest BCUT2D eigenvalue weighted by Crippen LogP contribution is -1.92. The summed E-state index contributed by atoms with van der Waals surface area (Å²) in [6.07, 6.45) is 1.80. The summed E-state index contributed by atoms with van der Waals surface area (Å²) in [7, 11) is 0. The van der Waals surface area contributed by atoms with Crippen LogP contribution in [0.25, 0.3) is 0 Å². The van der Waals surface area contributed by atoms with Crippen LogP contribution in [0, 0.1) is 6.92 Å². The summed E-state index contributed by atoms with van der Waals surface area (Å²) in [6, 6.07) is 13.7. The second kappa shape index (κ2) is 6.39. The van der Waals surface area contributed by atoms with Gasteiger partial charge >= 0.3 is 0 Å². The van der Waals surface area contributed by atoms with Crippen LogP contribution >= 0.6 is 11.6 Å². The standard InChI is InChI=1S/C16H16ClNO/c1-3-19-16-9-6-13(10-15(16)17)11-18-14-7-4-12(2)5-8-14/h4-11H,3H2,1-2H3. The van der Waals surface area contributed by atoms with Gasteiger partial charge in [0.1, 0.15) is 5.75 Å². The van der Waals surface area contributed by atoms with Crippen molar-refractivity contribution in [3.05, 3.63) is 58.6 Å². The van der Waals surface area contributed by atoms with Crippen molar-refractivity contribution >= 4 is 23.5 Å². The van der Waals surface area contributed by atoms with Gasteiger partial charge in [-0.25, -0.2) is 0 Å². The number of nitrogens with zero attached hydrogens (tertiary/aromatic N) is 1. The topological polar surface area (TPSA) is 21.6 Å². The van der Waals surface area contributed by atoms with Crippen LogP contribution in [-0.4, -0.2) is 12.8 Å². The van der Waals surface area contributed by atoms with Crippen molar-refractivity contribution in [3.63, 3.8) is 0 Å². The molecule has 0 saturated heterocycles. The fourth-order valence-corrected chi connectivity index (χ4v) is 1.89. The fourth-order valence-electron chi connectivity index (χ4n) is 1.65. The van der Waals surface area contributed by atoms with E-state index in [1.54, 1.807) is 6.21 Å². The molecule has 0 fully saturated rings. The number of hydrogen-bond donors (Lipinski definition) is 0. The molecule has 2 rings (SSSR count). The predicted molar refractivity (Wildman–Crippen MR) is 81.1 cm³/mol. The van der Waals surface area contributed by atoms with Gasteiger partial charge in [-0.15, -0.1) is 0 Å². The number of hydrogen-bond acceptors (Lipinski definition) is 2. The zero-order valence-corrected chi connectivity index (χ0v) is 11.8. The molecule has 0 bridgehead atoms. The molecule has 0 N–H and O–H groups in total. The van der Waals surface area contributed by atoms with E-state index < -0.39 is 0 Å². The molecular weight excluding hydrogens is 258 g/mol. The van der Waals surface area contributed by atoms with Crippen LogP contribution in [-0.2, 0) is 0 Å². The normalized spacial score (nSPS) is 10.9. The van der Waals surface area contributed by atoms with Crippen molar-refractivity contribution in [1.82, 2.24) is 0 Å². The Labute approximate surface area is 118 Å². The van der Waals surface area contributed by atoms with Gasteiger partial charge in [-0.05, 0) is 49.7 Å². The van der Waals surface area contributed by atoms with Crippen LogP contribution in [0.15, 0.2) is 47.5 Å². The van der Waals surface area contributed by atoms with Crippen LogP contribution in [0.2, 0.25) is 5.02 Å². The van der Waals surface area contributed by atoms with E-state index in [9.17, 15) is 0 Å². The molecule has 2 nitrogen and oxygen atoms in total. The number of rotatable bonds is 4. The van der Waals surface area contributed by atoms with E-state index in [2.05, 4.69) is 11.9 Å². The molecule has 0 heterocycles. The van der Waals surface area contributed by atoms with Gasteiger partial charge in [0.15, 0.2) is 0 Å². The van der Waals surface area contributed by atoms with Crippen molar-refractivity contribution < 1.29 is 4.74 Å². The van der Waals surface area contributed by atoms with E-state index in [0.29, 0.717) is 17.4 Å². The molecule has 0 aliphatic carbocycles. The highest BCUT2D eigenvalue weighted by atomic mass is 35.5. The van der Waals surface area contributed by atoms with Gasteiger partial charge in [0.05, 0.1) is 17.3 Å². The Morgan fingerprint density at radius 2 is 1.89 bits per heavy atom. The number of benzene rings is 2. The molecule has 0 saturated carbocycles.